The molecule has 41 heavy (non-hydrogen) atoms. The predicted octanol–water partition coefficient (Wildman–Crippen LogP) is 2.75. The van der Waals surface area contributed by atoms with Crippen LogP contribution in [0.3, 0.4) is 0 Å². The van der Waals surface area contributed by atoms with Gasteiger partial charge < -0.3 is 38.3 Å². The van der Waals surface area contributed by atoms with Crippen LogP contribution in [0.15, 0.2) is 0 Å². The van der Waals surface area contributed by atoms with Crippen molar-refractivity contribution in [3.8, 4) is 0 Å². The number of methoxy groups -OCH3 is 1. The van der Waals surface area contributed by atoms with Gasteiger partial charge in [0.15, 0.2) is 18.7 Å². The van der Waals surface area contributed by atoms with Gasteiger partial charge in [-0.25, -0.2) is 0 Å². The molecule has 0 radical (unpaired) electrons. The number of ether oxygens (including phenoxy) is 7. The van der Waals surface area contributed by atoms with Crippen molar-refractivity contribution in [1.29, 1.82) is 0 Å². The first-order valence-electron chi connectivity index (χ1n) is 15.0. The van der Waals surface area contributed by atoms with Gasteiger partial charge in [0.1, 0.15) is 18.3 Å². The Kier molecular flexibility index (Phi) is 8.26. The van der Waals surface area contributed by atoms with Gasteiger partial charge in [-0.15, -0.1) is 0 Å². The van der Waals surface area contributed by atoms with Gasteiger partial charge in [0, 0.05) is 38.7 Å². The van der Waals surface area contributed by atoms with E-state index in [1.54, 1.807) is 14.0 Å². The average molecular weight is 583 g/mol. The summed E-state index contributed by atoms with van der Waals surface area (Å²) in [7, 11) is 1.62. The first kappa shape index (κ1) is 30.7. The zero-order chi connectivity index (χ0) is 29.9. The number of epoxide rings is 1. The lowest BCUT2D eigenvalue weighted by Gasteiger charge is -2.65. The highest BCUT2D eigenvalue weighted by atomic mass is 16.8. The molecule has 0 bridgehead atoms. The maximum atomic E-state index is 13.0. The minimum absolute atomic E-state index is 0.00781. The molecule has 3 saturated heterocycles. The normalized spacial score (nSPS) is 47.3. The van der Waals surface area contributed by atoms with E-state index in [4.69, 9.17) is 33.2 Å². The summed E-state index contributed by atoms with van der Waals surface area (Å²) in [5, 5.41) is 11.7. The number of carbonyl (C=O) groups excluding carboxylic acids is 3. The summed E-state index contributed by atoms with van der Waals surface area (Å²) in [5.41, 5.74) is -2.86. The highest BCUT2D eigenvalue weighted by Gasteiger charge is 2.81. The van der Waals surface area contributed by atoms with E-state index in [-0.39, 0.29) is 55.7 Å². The Hall–Kier alpha value is -1.79. The maximum Gasteiger partial charge on any atom is 0.309 e. The van der Waals surface area contributed by atoms with Crippen molar-refractivity contribution in [2.75, 3.05) is 20.3 Å². The van der Waals surface area contributed by atoms with Crippen molar-refractivity contribution >= 4 is 17.9 Å². The third-order valence-corrected chi connectivity index (χ3v) is 11.1. The number of esters is 3. The number of carbonyl (C=O) groups is 3. The largest absolute Gasteiger partial charge is 0.465 e. The lowest BCUT2D eigenvalue weighted by Crippen LogP contribution is -2.74. The Morgan fingerprint density at radius 2 is 1.76 bits per heavy atom. The van der Waals surface area contributed by atoms with Crippen LogP contribution in [0.4, 0.5) is 0 Å². The molecule has 13 atom stereocenters. The van der Waals surface area contributed by atoms with Crippen molar-refractivity contribution in [3.63, 3.8) is 0 Å². The van der Waals surface area contributed by atoms with Crippen LogP contribution in [-0.4, -0.2) is 85.9 Å². The topological polar surface area (TPSA) is 139 Å². The molecule has 3 aliphatic heterocycles. The molecule has 5 aliphatic rings. The Morgan fingerprint density at radius 1 is 1.05 bits per heavy atom. The SMILES string of the molecule is CCC(C)C(=O)O[C@@H]1[C@@H](O)C[C@H]2[C@](C)(C3C[C@H]4C[C@H](OC)OC4O3)[C@@H](C)C[C@@H](OC(C)=O)[C@]2(COC(C)=O)[C@@]12CO2. The van der Waals surface area contributed by atoms with E-state index in [0.717, 1.165) is 12.8 Å². The predicted molar refractivity (Wildman–Crippen MR) is 142 cm³/mol. The van der Waals surface area contributed by atoms with E-state index >= 15 is 0 Å². The van der Waals surface area contributed by atoms with Crippen LogP contribution in [0, 0.1) is 34.5 Å². The molecule has 11 heteroatoms. The highest BCUT2D eigenvalue weighted by Crippen LogP contribution is 2.70. The van der Waals surface area contributed by atoms with Crippen LogP contribution in [-0.2, 0) is 47.5 Å². The summed E-state index contributed by atoms with van der Waals surface area (Å²) < 4.78 is 42.1. The van der Waals surface area contributed by atoms with Crippen LogP contribution in [0.5, 0.6) is 0 Å². The van der Waals surface area contributed by atoms with Gasteiger partial charge >= 0.3 is 17.9 Å². The second kappa shape index (κ2) is 11.0. The highest BCUT2D eigenvalue weighted by molar-refractivity contribution is 5.72. The third-order valence-electron chi connectivity index (χ3n) is 11.1. The van der Waals surface area contributed by atoms with Gasteiger partial charge in [-0.3, -0.25) is 14.4 Å². The van der Waals surface area contributed by atoms with Crippen molar-refractivity contribution in [3.05, 3.63) is 0 Å². The minimum atomic E-state index is -1.21. The molecule has 5 fully saturated rings. The molecule has 5 rings (SSSR count). The number of rotatable bonds is 8. The fourth-order valence-electron chi connectivity index (χ4n) is 8.47. The van der Waals surface area contributed by atoms with Crippen LogP contribution < -0.4 is 0 Å². The van der Waals surface area contributed by atoms with Crippen LogP contribution in [0.2, 0.25) is 0 Å². The van der Waals surface area contributed by atoms with Gasteiger partial charge in [0.25, 0.3) is 0 Å². The Balaban J connectivity index is 1.59. The van der Waals surface area contributed by atoms with Crippen LogP contribution in [0.1, 0.15) is 73.6 Å². The standard InChI is InChI=1S/C30H46O11/c1-8-15(2)26(34)41-25-20(33)12-21-28(6,22-10-19-11-24(35-7)40-27(19)39-22)16(3)9-23(38-18(5)32)29(21,13-36-17(4)31)30(25)14-37-30/h15-16,19-25,27,33H,8-14H2,1-7H3/t15?,16-,19-,20-,21-,22?,23+,24+,25+,27?,28+,29+,30+/m0/s1. The van der Waals surface area contributed by atoms with E-state index in [1.807, 2.05) is 6.92 Å². The summed E-state index contributed by atoms with van der Waals surface area (Å²) in [4.78, 5) is 37.8. The first-order valence-corrected chi connectivity index (χ1v) is 15.0. The average Bonchev–Trinajstić information content (AvgIpc) is 3.45. The van der Waals surface area contributed by atoms with Crippen molar-refractivity contribution in [1.82, 2.24) is 0 Å². The first-order chi connectivity index (χ1) is 19.3. The molecule has 1 N–H and O–H groups in total. The van der Waals surface area contributed by atoms with E-state index in [9.17, 15) is 19.5 Å². The minimum Gasteiger partial charge on any atom is -0.465 e. The van der Waals surface area contributed by atoms with Crippen LogP contribution in [0.25, 0.3) is 0 Å². The Bertz CT molecular complexity index is 1010. The Labute approximate surface area is 241 Å². The van der Waals surface area contributed by atoms with E-state index < -0.39 is 58.9 Å². The lowest BCUT2D eigenvalue weighted by molar-refractivity contribution is -0.289. The smallest absolute Gasteiger partial charge is 0.309 e. The molecule has 0 amide bonds. The van der Waals surface area contributed by atoms with E-state index in [2.05, 4.69) is 13.8 Å². The number of hydrogen-bond acceptors (Lipinski definition) is 11. The summed E-state index contributed by atoms with van der Waals surface area (Å²) in [6, 6.07) is 0. The van der Waals surface area contributed by atoms with Gasteiger partial charge in [0.05, 0.1) is 30.1 Å². The fourth-order valence-corrected chi connectivity index (χ4v) is 8.47. The molecule has 11 nitrogen and oxygen atoms in total. The monoisotopic (exact) mass is 582 g/mol. The number of hydrogen-bond donors (Lipinski definition) is 1. The summed E-state index contributed by atoms with van der Waals surface area (Å²) in [6.07, 6.45) is -0.987. The van der Waals surface area contributed by atoms with Gasteiger partial charge in [-0.1, -0.05) is 27.7 Å². The quantitative estimate of drug-likeness (QED) is 0.257. The fraction of sp³-hybridized carbons (Fsp3) is 0.900. The third kappa shape index (κ3) is 4.80. The molecular formula is C30H46O11. The molecule has 2 saturated carbocycles. The summed E-state index contributed by atoms with van der Waals surface area (Å²) in [5.74, 6) is -1.98. The van der Waals surface area contributed by atoms with Crippen LogP contribution >= 0.6 is 0 Å². The second-order valence-electron chi connectivity index (χ2n) is 13.1. The van der Waals surface area contributed by atoms with E-state index in [0.29, 0.717) is 12.8 Å². The molecule has 2 aliphatic carbocycles. The van der Waals surface area contributed by atoms with Gasteiger partial charge in [-0.2, -0.15) is 0 Å². The number of fused-ring (bicyclic) bond motifs is 3. The molecule has 0 aromatic heterocycles. The van der Waals surface area contributed by atoms with Crippen molar-refractivity contribution in [2.45, 2.75) is 116 Å². The lowest BCUT2D eigenvalue weighted by atomic mass is 9.41. The molecule has 232 valence electrons. The molecule has 0 aromatic rings. The number of aliphatic hydroxyl groups is 1. The van der Waals surface area contributed by atoms with Crippen molar-refractivity contribution in [2.24, 2.45) is 34.5 Å². The zero-order valence-corrected chi connectivity index (χ0v) is 25.3. The summed E-state index contributed by atoms with van der Waals surface area (Å²) >= 11 is 0. The van der Waals surface area contributed by atoms with Gasteiger partial charge in [0.2, 0.25) is 0 Å². The molecule has 3 unspecified atom stereocenters. The summed E-state index contributed by atoms with van der Waals surface area (Å²) in [6.45, 7) is 10.7. The van der Waals surface area contributed by atoms with Crippen molar-refractivity contribution < 1.29 is 52.6 Å². The zero-order valence-electron chi connectivity index (χ0n) is 25.3. The second-order valence-corrected chi connectivity index (χ2v) is 13.1. The van der Waals surface area contributed by atoms with Gasteiger partial charge in [-0.05, 0) is 37.5 Å². The van der Waals surface area contributed by atoms with E-state index in [1.165, 1.54) is 13.8 Å². The molecule has 3 heterocycles. The Morgan fingerprint density at radius 3 is 2.32 bits per heavy atom. The molecule has 0 aromatic carbocycles. The maximum absolute atomic E-state index is 13.0. The molecular weight excluding hydrogens is 536 g/mol. The number of aliphatic hydroxyl groups excluding tert-OH is 1. The molecule has 1 spiro atoms.